The molecule has 4 rings (SSSR count). The summed E-state index contributed by atoms with van der Waals surface area (Å²) in [5.74, 6) is 1.03. The molecule has 1 atom stereocenters. The lowest BCUT2D eigenvalue weighted by Crippen LogP contribution is -2.22. The average molecular weight is 356 g/mol. The molecule has 0 saturated carbocycles. The Balaban J connectivity index is 1.85. The van der Waals surface area contributed by atoms with E-state index in [0.29, 0.717) is 23.0 Å². The highest BCUT2D eigenvalue weighted by molar-refractivity contribution is 7.94. The van der Waals surface area contributed by atoms with Crippen LogP contribution in [0, 0.1) is 6.92 Å². The molecule has 0 amide bonds. The molecule has 128 valence electrons. The molecule has 1 aliphatic rings. The number of nitrogens with one attached hydrogen (secondary N) is 1. The second-order valence-corrected chi connectivity index (χ2v) is 7.86. The summed E-state index contributed by atoms with van der Waals surface area (Å²) in [6.45, 7) is 1.87. The van der Waals surface area contributed by atoms with Crippen LogP contribution in [0.2, 0.25) is 0 Å². The standard InChI is InChI=1S/C16H16N6O2S/c1-10-13-15(18-11-6-8-25(23,24)9-11)19-14(12-5-3-4-7-17-12)20-16(13)22(2)21-10/h3-8,11H,9H2,1-2H3,(H,18,19,20)/t11-/m0/s1. The Morgan fingerprint density at radius 3 is 2.80 bits per heavy atom. The van der Waals surface area contributed by atoms with Crippen molar-refractivity contribution in [2.45, 2.75) is 13.0 Å². The van der Waals surface area contributed by atoms with Gasteiger partial charge in [0, 0.05) is 18.7 Å². The maximum Gasteiger partial charge on any atom is 0.182 e. The average Bonchev–Trinajstić information content (AvgIpc) is 3.07. The summed E-state index contributed by atoms with van der Waals surface area (Å²) in [6, 6.07) is 5.18. The van der Waals surface area contributed by atoms with Crippen molar-refractivity contribution in [3.05, 3.63) is 41.6 Å². The molecule has 25 heavy (non-hydrogen) atoms. The van der Waals surface area contributed by atoms with Crippen molar-refractivity contribution >= 4 is 26.7 Å². The highest BCUT2D eigenvalue weighted by Crippen LogP contribution is 2.27. The number of aryl methyl sites for hydroxylation is 2. The molecule has 0 fully saturated rings. The Bertz CT molecular complexity index is 1090. The van der Waals surface area contributed by atoms with Crippen LogP contribution in [0.4, 0.5) is 5.82 Å². The van der Waals surface area contributed by atoms with E-state index < -0.39 is 9.84 Å². The van der Waals surface area contributed by atoms with Gasteiger partial charge < -0.3 is 5.32 Å². The summed E-state index contributed by atoms with van der Waals surface area (Å²) in [5.41, 5.74) is 2.08. The molecule has 9 heteroatoms. The second kappa shape index (κ2) is 5.62. The Morgan fingerprint density at radius 2 is 2.12 bits per heavy atom. The lowest BCUT2D eigenvalue weighted by atomic mass is 10.2. The topological polar surface area (TPSA) is 103 Å². The SMILES string of the molecule is Cc1nn(C)c2nc(-c3ccccn3)nc(N[C@H]3C=CS(=O)(=O)C3)c12. The molecule has 1 N–H and O–H groups in total. The molecule has 4 heterocycles. The van der Waals surface area contributed by atoms with Gasteiger partial charge in [0.2, 0.25) is 0 Å². The van der Waals surface area contributed by atoms with Crippen LogP contribution in [0.3, 0.4) is 0 Å². The lowest BCUT2D eigenvalue weighted by Gasteiger charge is -2.13. The first kappa shape index (κ1) is 15.7. The smallest absolute Gasteiger partial charge is 0.182 e. The molecule has 3 aromatic rings. The van der Waals surface area contributed by atoms with Crippen LogP contribution < -0.4 is 5.32 Å². The number of aromatic nitrogens is 5. The van der Waals surface area contributed by atoms with E-state index in [4.69, 9.17) is 0 Å². The van der Waals surface area contributed by atoms with Crippen molar-refractivity contribution in [3.63, 3.8) is 0 Å². The van der Waals surface area contributed by atoms with Crippen molar-refractivity contribution in [2.24, 2.45) is 7.05 Å². The Labute approximate surface area is 144 Å². The van der Waals surface area contributed by atoms with E-state index in [-0.39, 0.29) is 11.8 Å². The van der Waals surface area contributed by atoms with E-state index in [2.05, 4.69) is 25.4 Å². The number of hydrogen-bond acceptors (Lipinski definition) is 7. The number of rotatable bonds is 3. The van der Waals surface area contributed by atoms with Crippen LogP contribution >= 0.6 is 0 Å². The third-order valence-electron chi connectivity index (χ3n) is 4.00. The minimum absolute atomic E-state index is 0.0106. The molecule has 3 aromatic heterocycles. The zero-order chi connectivity index (χ0) is 17.6. The lowest BCUT2D eigenvalue weighted by molar-refractivity contribution is 0.605. The van der Waals surface area contributed by atoms with Crippen LogP contribution in [0.5, 0.6) is 0 Å². The van der Waals surface area contributed by atoms with E-state index in [1.807, 2.05) is 32.2 Å². The molecule has 0 aliphatic carbocycles. The predicted octanol–water partition coefficient (Wildman–Crippen LogP) is 1.46. The van der Waals surface area contributed by atoms with E-state index in [1.54, 1.807) is 17.0 Å². The fraction of sp³-hybridized carbons (Fsp3) is 0.250. The van der Waals surface area contributed by atoms with E-state index in [0.717, 1.165) is 11.1 Å². The minimum atomic E-state index is -3.16. The van der Waals surface area contributed by atoms with Gasteiger partial charge in [0.05, 0.1) is 22.9 Å². The number of sulfone groups is 1. The van der Waals surface area contributed by atoms with Crippen molar-refractivity contribution in [2.75, 3.05) is 11.1 Å². The van der Waals surface area contributed by atoms with E-state index >= 15 is 0 Å². The monoisotopic (exact) mass is 356 g/mol. The number of fused-ring (bicyclic) bond motifs is 1. The van der Waals surface area contributed by atoms with Gasteiger partial charge in [-0.2, -0.15) is 5.10 Å². The Morgan fingerprint density at radius 1 is 1.28 bits per heavy atom. The summed E-state index contributed by atoms with van der Waals surface area (Å²) in [4.78, 5) is 13.5. The zero-order valence-electron chi connectivity index (χ0n) is 13.7. The van der Waals surface area contributed by atoms with Gasteiger partial charge in [-0.15, -0.1) is 0 Å². The largest absolute Gasteiger partial charge is 0.362 e. The number of anilines is 1. The summed E-state index contributed by atoms with van der Waals surface area (Å²) in [5, 5.41) is 9.62. The third kappa shape index (κ3) is 2.86. The van der Waals surface area contributed by atoms with E-state index in [1.165, 1.54) is 5.41 Å². The van der Waals surface area contributed by atoms with Gasteiger partial charge >= 0.3 is 0 Å². The normalized spacial score (nSPS) is 18.7. The summed E-state index contributed by atoms with van der Waals surface area (Å²) >= 11 is 0. The molecular weight excluding hydrogens is 340 g/mol. The maximum atomic E-state index is 11.7. The van der Waals surface area contributed by atoms with Crippen molar-refractivity contribution < 1.29 is 8.42 Å². The molecule has 0 aromatic carbocycles. The minimum Gasteiger partial charge on any atom is -0.362 e. The zero-order valence-corrected chi connectivity index (χ0v) is 14.5. The Hall–Kier alpha value is -2.81. The van der Waals surface area contributed by atoms with Gasteiger partial charge in [0.1, 0.15) is 11.5 Å². The summed E-state index contributed by atoms with van der Waals surface area (Å²) < 4.78 is 25.0. The summed E-state index contributed by atoms with van der Waals surface area (Å²) in [7, 11) is -1.34. The molecule has 0 spiro atoms. The van der Waals surface area contributed by atoms with E-state index in [9.17, 15) is 8.42 Å². The van der Waals surface area contributed by atoms with Gasteiger partial charge in [-0.1, -0.05) is 6.07 Å². The molecule has 0 unspecified atom stereocenters. The molecule has 1 aliphatic heterocycles. The number of pyridine rings is 1. The van der Waals surface area contributed by atoms with Crippen LogP contribution in [0.1, 0.15) is 5.69 Å². The molecule has 8 nitrogen and oxygen atoms in total. The highest BCUT2D eigenvalue weighted by atomic mass is 32.2. The van der Waals surface area contributed by atoms with Gasteiger partial charge in [-0.25, -0.2) is 18.4 Å². The van der Waals surface area contributed by atoms with Crippen LogP contribution in [-0.4, -0.2) is 44.9 Å². The first-order valence-corrected chi connectivity index (χ1v) is 9.45. The fourth-order valence-corrected chi connectivity index (χ4v) is 4.13. The van der Waals surface area contributed by atoms with Crippen LogP contribution in [0.15, 0.2) is 35.9 Å². The quantitative estimate of drug-likeness (QED) is 0.758. The molecule has 0 saturated heterocycles. The number of hydrogen-bond donors (Lipinski definition) is 1. The summed E-state index contributed by atoms with van der Waals surface area (Å²) in [6.07, 6.45) is 3.31. The van der Waals surface area contributed by atoms with Crippen molar-refractivity contribution in [1.29, 1.82) is 0 Å². The number of nitrogens with zero attached hydrogens (tertiary/aromatic N) is 5. The van der Waals surface area contributed by atoms with Gasteiger partial charge in [0.15, 0.2) is 21.3 Å². The van der Waals surface area contributed by atoms with Gasteiger partial charge in [-0.3, -0.25) is 9.67 Å². The maximum absolute atomic E-state index is 11.7. The highest BCUT2D eigenvalue weighted by Gasteiger charge is 2.24. The van der Waals surface area contributed by atoms with Gasteiger partial charge in [-0.05, 0) is 25.1 Å². The van der Waals surface area contributed by atoms with Crippen molar-refractivity contribution in [1.82, 2.24) is 24.7 Å². The first-order valence-electron chi connectivity index (χ1n) is 7.73. The third-order valence-corrected chi connectivity index (χ3v) is 5.40. The molecule has 0 bridgehead atoms. The molecular formula is C16H16N6O2S. The van der Waals surface area contributed by atoms with Crippen molar-refractivity contribution in [3.8, 4) is 11.5 Å². The predicted molar refractivity (Wildman–Crippen MR) is 94.6 cm³/mol. The second-order valence-electron chi connectivity index (χ2n) is 5.93. The van der Waals surface area contributed by atoms with Crippen LogP contribution in [-0.2, 0) is 16.9 Å². The van der Waals surface area contributed by atoms with Crippen LogP contribution in [0.25, 0.3) is 22.6 Å². The molecule has 0 radical (unpaired) electrons. The van der Waals surface area contributed by atoms with Gasteiger partial charge in [0.25, 0.3) is 0 Å². The Kier molecular flexibility index (Phi) is 3.53. The fourth-order valence-electron chi connectivity index (χ4n) is 2.89. The first-order chi connectivity index (χ1) is 11.9.